The molecule has 1 saturated heterocycles. The predicted octanol–water partition coefficient (Wildman–Crippen LogP) is 3.64. The molecular weight excluding hydrogens is 411 g/mol. The molecule has 3 aliphatic rings. The fourth-order valence-corrected chi connectivity index (χ4v) is 4.27. The second-order valence-corrected chi connectivity index (χ2v) is 8.21. The summed E-state index contributed by atoms with van der Waals surface area (Å²) in [7, 11) is 0. The van der Waals surface area contributed by atoms with E-state index in [1.165, 1.54) is 4.90 Å². The molecule has 1 saturated carbocycles. The third-order valence-electron chi connectivity index (χ3n) is 5.83. The molecule has 5 rings (SSSR count). The number of amides is 2. The first-order chi connectivity index (χ1) is 14.9. The highest BCUT2D eigenvalue weighted by atomic mass is 19.4. The zero-order valence-corrected chi connectivity index (χ0v) is 16.6. The SMILES string of the molecule is O=C(NCC(F)(F)F)N1C2C=C(c3ccnc(Nc4cnn(C5CC5)c4)n3)CC1CC2. The van der Waals surface area contributed by atoms with E-state index in [0.29, 0.717) is 18.4 Å². The third kappa shape index (κ3) is 4.35. The van der Waals surface area contributed by atoms with Gasteiger partial charge in [-0.25, -0.2) is 14.8 Å². The van der Waals surface area contributed by atoms with Gasteiger partial charge in [-0.15, -0.1) is 0 Å². The average Bonchev–Trinajstić information content (AvgIpc) is 3.42. The molecule has 0 aromatic carbocycles. The van der Waals surface area contributed by atoms with Crippen molar-refractivity contribution < 1.29 is 18.0 Å². The molecule has 0 radical (unpaired) electrons. The summed E-state index contributed by atoms with van der Waals surface area (Å²) in [6, 6.07) is 1.26. The Hall–Kier alpha value is -3.11. The van der Waals surface area contributed by atoms with Crippen LogP contribution in [0.1, 0.15) is 43.8 Å². The van der Waals surface area contributed by atoms with Crippen molar-refractivity contribution in [2.24, 2.45) is 0 Å². The summed E-state index contributed by atoms with van der Waals surface area (Å²) < 4.78 is 39.3. The first kappa shape index (κ1) is 19.8. The molecule has 2 fully saturated rings. The number of nitrogens with one attached hydrogen (secondary N) is 2. The standard InChI is InChI=1S/C20H22F3N7O/c21-20(22,23)11-25-19(31)30-15-3-4-16(30)8-12(7-15)17-5-6-24-18(28-17)27-13-9-26-29(10-13)14-1-2-14/h5-7,9-10,14-16H,1-4,8,11H2,(H,25,31)(H,24,27,28). The number of nitrogens with zero attached hydrogens (tertiary/aromatic N) is 5. The number of anilines is 2. The molecule has 2 atom stereocenters. The van der Waals surface area contributed by atoms with Gasteiger partial charge in [0.2, 0.25) is 5.95 Å². The van der Waals surface area contributed by atoms with Crippen molar-refractivity contribution in [3.8, 4) is 0 Å². The van der Waals surface area contributed by atoms with E-state index in [1.807, 2.05) is 28.3 Å². The Bertz CT molecular complexity index is 1010. The lowest BCUT2D eigenvalue weighted by atomic mass is 9.98. The maximum Gasteiger partial charge on any atom is 0.405 e. The Labute approximate surface area is 176 Å². The molecule has 2 amide bonds. The Morgan fingerprint density at radius 2 is 2.00 bits per heavy atom. The van der Waals surface area contributed by atoms with Gasteiger partial charge in [-0.3, -0.25) is 4.68 Å². The Morgan fingerprint density at radius 1 is 1.19 bits per heavy atom. The number of fused-ring (bicyclic) bond motifs is 2. The van der Waals surface area contributed by atoms with Gasteiger partial charge < -0.3 is 15.5 Å². The van der Waals surface area contributed by atoms with E-state index in [1.54, 1.807) is 12.4 Å². The van der Waals surface area contributed by atoms with Gasteiger partial charge in [0.25, 0.3) is 0 Å². The van der Waals surface area contributed by atoms with Crippen molar-refractivity contribution in [3.05, 3.63) is 36.4 Å². The van der Waals surface area contributed by atoms with Crippen LogP contribution in [0.25, 0.3) is 5.57 Å². The number of hydrogen-bond acceptors (Lipinski definition) is 5. The minimum Gasteiger partial charge on any atom is -0.329 e. The highest BCUT2D eigenvalue weighted by Crippen LogP contribution is 2.38. The van der Waals surface area contributed by atoms with Crippen LogP contribution in [0, 0.1) is 0 Å². The lowest BCUT2D eigenvalue weighted by Crippen LogP contribution is -2.50. The summed E-state index contributed by atoms with van der Waals surface area (Å²) in [6.45, 7) is -1.32. The Balaban J connectivity index is 1.28. The maximum absolute atomic E-state index is 12.4. The van der Waals surface area contributed by atoms with Crippen LogP contribution in [-0.4, -0.2) is 55.5 Å². The van der Waals surface area contributed by atoms with Gasteiger partial charge in [0.15, 0.2) is 0 Å². The zero-order chi connectivity index (χ0) is 21.6. The van der Waals surface area contributed by atoms with Crippen molar-refractivity contribution >= 4 is 23.2 Å². The van der Waals surface area contributed by atoms with Crippen LogP contribution in [-0.2, 0) is 0 Å². The molecule has 2 aliphatic heterocycles. The molecule has 2 aromatic heterocycles. The molecule has 2 bridgehead atoms. The topological polar surface area (TPSA) is 88.0 Å². The van der Waals surface area contributed by atoms with E-state index in [-0.39, 0.29) is 12.1 Å². The third-order valence-corrected chi connectivity index (χ3v) is 5.83. The minimum absolute atomic E-state index is 0.138. The minimum atomic E-state index is -4.43. The smallest absolute Gasteiger partial charge is 0.329 e. The summed E-state index contributed by atoms with van der Waals surface area (Å²) >= 11 is 0. The number of halogens is 3. The monoisotopic (exact) mass is 433 g/mol. The molecular formula is C20H22F3N7O. The fraction of sp³-hybridized carbons (Fsp3) is 0.500. The number of rotatable bonds is 5. The zero-order valence-electron chi connectivity index (χ0n) is 16.6. The number of carbonyl (C=O) groups is 1. The van der Waals surface area contributed by atoms with Crippen LogP contribution >= 0.6 is 0 Å². The molecule has 1 aliphatic carbocycles. The van der Waals surface area contributed by atoms with E-state index >= 15 is 0 Å². The van der Waals surface area contributed by atoms with Crippen molar-refractivity contribution in [3.63, 3.8) is 0 Å². The van der Waals surface area contributed by atoms with Gasteiger partial charge >= 0.3 is 12.2 Å². The van der Waals surface area contributed by atoms with Crippen LogP contribution in [0.4, 0.5) is 29.6 Å². The molecule has 31 heavy (non-hydrogen) atoms. The maximum atomic E-state index is 12.4. The summed E-state index contributed by atoms with van der Waals surface area (Å²) in [5, 5.41) is 9.50. The van der Waals surface area contributed by atoms with Crippen LogP contribution in [0.5, 0.6) is 0 Å². The van der Waals surface area contributed by atoms with Gasteiger partial charge in [0.1, 0.15) is 6.54 Å². The first-order valence-corrected chi connectivity index (χ1v) is 10.3. The lowest BCUT2D eigenvalue weighted by Gasteiger charge is -2.34. The number of alkyl halides is 3. The van der Waals surface area contributed by atoms with Crippen molar-refractivity contribution in [1.29, 1.82) is 0 Å². The molecule has 2 unspecified atom stereocenters. The number of aromatic nitrogens is 4. The number of hydrogen-bond donors (Lipinski definition) is 2. The van der Waals surface area contributed by atoms with E-state index in [4.69, 9.17) is 0 Å². The highest BCUT2D eigenvalue weighted by Gasteiger charge is 2.41. The van der Waals surface area contributed by atoms with Crippen LogP contribution in [0.15, 0.2) is 30.7 Å². The van der Waals surface area contributed by atoms with Crippen LogP contribution in [0.3, 0.4) is 0 Å². The van der Waals surface area contributed by atoms with Gasteiger partial charge in [-0.1, -0.05) is 6.08 Å². The predicted molar refractivity (Wildman–Crippen MR) is 107 cm³/mol. The fourth-order valence-electron chi connectivity index (χ4n) is 4.27. The van der Waals surface area contributed by atoms with E-state index in [9.17, 15) is 18.0 Å². The molecule has 4 heterocycles. The van der Waals surface area contributed by atoms with E-state index in [2.05, 4.69) is 20.4 Å². The van der Waals surface area contributed by atoms with Crippen molar-refractivity contribution in [2.75, 3.05) is 11.9 Å². The normalized spacial score (nSPS) is 22.9. The summed E-state index contributed by atoms with van der Waals surface area (Å²) in [5.74, 6) is 0.450. The number of carbonyl (C=O) groups excluding carboxylic acids is 1. The second kappa shape index (κ2) is 7.54. The molecule has 164 valence electrons. The highest BCUT2D eigenvalue weighted by molar-refractivity contribution is 5.78. The molecule has 0 spiro atoms. The Kier molecular flexibility index (Phi) is 4.82. The quantitative estimate of drug-likeness (QED) is 0.752. The molecule has 11 heteroatoms. The summed E-state index contributed by atoms with van der Waals surface area (Å²) in [4.78, 5) is 22.7. The van der Waals surface area contributed by atoms with Crippen LogP contribution in [0.2, 0.25) is 0 Å². The van der Waals surface area contributed by atoms with Gasteiger partial charge in [-0.05, 0) is 43.7 Å². The van der Waals surface area contributed by atoms with E-state index < -0.39 is 18.8 Å². The van der Waals surface area contributed by atoms with Crippen LogP contribution < -0.4 is 10.6 Å². The second-order valence-electron chi connectivity index (χ2n) is 8.21. The van der Waals surface area contributed by atoms with Gasteiger partial charge in [0, 0.05) is 18.4 Å². The largest absolute Gasteiger partial charge is 0.405 e. The summed E-state index contributed by atoms with van der Waals surface area (Å²) in [6.07, 6.45) is 7.18. The molecule has 8 nitrogen and oxygen atoms in total. The van der Waals surface area contributed by atoms with E-state index in [0.717, 1.165) is 42.6 Å². The first-order valence-electron chi connectivity index (χ1n) is 10.3. The molecule has 2 N–H and O–H groups in total. The van der Waals surface area contributed by atoms with Crippen molar-refractivity contribution in [2.45, 2.75) is 56.4 Å². The van der Waals surface area contributed by atoms with Gasteiger partial charge in [-0.2, -0.15) is 18.3 Å². The Morgan fingerprint density at radius 3 is 2.74 bits per heavy atom. The summed E-state index contributed by atoms with van der Waals surface area (Å²) in [5.41, 5.74) is 2.54. The lowest BCUT2D eigenvalue weighted by molar-refractivity contribution is -0.123. The van der Waals surface area contributed by atoms with Crippen molar-refractivity contribution in [1.82, 2.24) is 30.0 Å². The molecule has 2 aromatic rings. The number of urea groups is 1. The average molecular weight is 433 g/mol. The van der Waals surface area contributed by atoms with Gasteiger partial charge in [0.05, 0.1) is 29.7 Å².